The minimum atomic E-state index is -0.0303. The summed E-state index contributed by atoms with van der Waals surface area (Å²) in [6.07, 6.45) is 6.79. The van der Waals surface area contributed by atoms with E-state index in [1.807, 2.05) is 23.6 Å². The molecule has 4 nitrogen and oxygen atoms in total. The highest BCUT2D eigenvalue weighted by Gasteiger charge is 2.42. The topological polar surface area (TPSA) is 54.9 Å². The molecule has 0 atom stereocenters. The number of carbonyl (C=O) groups is 1. The van der Waals surface area contributed by atoms with E-state index < -0.39 is 0 Å². The largest absolute Gasteiger partial charge is 0.347 e. The van der Waals surface area contributed by atoms with Crippen molar-refractivity contribution in [2.75, 3.05) is 0 Å². The van der Waals surface area contributed by atoms with Crippen molar-refractivity contribution >= 4 is 17.2 Å². The fraction of sp³-hybridized carbons (Fsp3) is 0.438. The molecule has 0 spiro atoms. The Morgan fingerprint density at radius 1 is 1.24 bits per heavy atom. The molecule has 2 heterocycles. The summed E-state index contributed by atoms with van der Waals surface area (Å²) < 4.78 is 0. The molecule has 108 valence electrons. The van der Waals surface area contributed by atoms with Crippen LogP contribution in [0.5, 0.6) is 0 Å². The Labute approximate surface area is 127 Å². The van der Waals surface area contributed by atoms with Gasteiger partial charge in [0, 0.05) is 17.6 Å². The first-order valence-corrected chi connectivity index (χ1v) is 8.37. The van der Waals surface area contributed by atoms with Crippen LogP contribution in [0.4, 0.5) is 0 Å². The number of thiazole rings is 1. The summed E-state index contributed by atoms with van der Waals surface area (Å²) in [5.41, 5.74) is 1.34. The van der Waals surface area contributed by atoms with Gasteiger partial charge in [0.1, 0.15) is 10.7 Å². The van der Waals surface area contributed by atoms with Crippen LogP contribution in [-0.4, -0.2) is 21.9 Å². The van der Waals surface area contributed by atoms with Gasteiger partial charge in [-0.1, -0.05) is 6.07 Å². The van der Waals surface area contributed by atoms with Crippen LogP contribution in [0.1, 0.15) is 36.2 Å². The van der Waals surface area contributed by atoms with E-state index in [1.54, 1.807) is 6.20 Å². The van der Waals surface area contributed by atoms with Crippen LogP contribution in [0.2, 0.25) is 0 Å². The maximum Gasteiger partial charge on any atom is 0.271 e. The fourth-order valence-corrected chi connectivity index (χ4v) is 3.52. The predicted octanol–water partition coefficient (Wildman–Crippen LogP) is 3.12. The number of nitrogens with one attached hydrogen (secondary N) is 1. The van der Waals surface area contributed by atoms with Gasteiger partial charge in [0.05, 0.1) is 5.69 Å². The molecular formula is C16H17N3OS. The second kappa shape index (κ2) is 5.22. The third-order valence-corrected chi connectivity index (χ3v) is 5.04. The molecule has 0 radical (unpaired) electrons. The van der Waals surface area contributed by atoms with Gasteiger partial charge in [-0.2, -0.15) is 0 Å². The molecule has 0 aromatic carbocycles. The van der Waals surface area contributed by atoms with E-state index >= 15 is 0 Å². The Hall–Kier alpha value is -1.75. The Morgan fingerprint density at radius 3 is 2.62 bits per heavy atom. The molecule has 2 saturated carbocycles. The molecule has 2 fully saturated rings. The second-order valence-electron chi connectivity index (χ2n) is 5.93. The standard InChI is InChI=1S/C16H17N3OS/c20-15(19-14(10-4-5-10)11-6-7-11)13-9-21-16(18-13)12-3-1-2-8-17-12/h1-3,8-11,14H,4-7H2,(H,19,20). The van der Waals surface area contributed by atoms with Crippen molar-refractivity contribution in [3.8, 4) is 10.7 Å². The van der Waals surface area contributed by atoms with E-state index in [9.17, 15) is 4.79 Å². The van der Waals surface area contributed by atoms with Crippen molar-refractivity contribution in [1.29, 1.82) is 0 Å². The Kier molecular flexibility index (Phi) is 3.22. The quantitative estimate of drug-likeness (QED) is 0.923. The molecule has 2 aliphatic carbocycles. The van der Waals surface area contributed by atoms with Crippen LogP contribution < -0.4 is 5.32 Å². The smallest absolute Gasteiger partial charge is 0.271 e. The highest BCUT2D eigenvalue weighted by Crippen LogP contribution is 2.44. The van der Waals surface area contributed by atoms with Crippen molar-refractivity contribution in [2.24, 2.45) is 11.8 Å². The zero-order chi connectivity index (χ0) is 14.2. The predicted molar refractivity (Wildman–Crippen MR) is 82.0 cm³/mol. The highest BCUT2D eigenvalue weighted by molar-refractivity contribution is 7.13. The van der Waals surface area contributed by atoms with Crippen molar-refractivity contribution in [3.63, 3.8) is 0 Å². The first-order chi connectivity index (χ1) is 10.3. The van der Waals surface area contributed by atoms with Gasteiger partial charge >= 0.3 is 0 Å². The zero-order valence-electron chi connectivity index (χ0n) is 11.7. The number of hydrogen-bond donors (Lipinski definition) is 1. The van der Waals surface area contributed by atoms with Crippen LogP contribution >= 0.6 is 11.3 Å². The summed E-state index contributed by atoms with van der Waals surface area (Å²) in [5, 5.41) is 5.84. The van der Waals surface area contributed by atoms with Gasteiger partial charge < -0.3 is 5.32 Å². The highest BCUT2D eigenvalue weighted by atomic mass is 32.1. The summed E-state index contributed by atoms with van der Waals surface area (Å²) in [5.74, 6) is 1.38. The Balaban J connectivity index is 1.48. The molecule has 0 unspecified atom stereocenters. The number of rotatable bonds is 5. The van der Waals surface area contributed by atoms with Crippen molar-refractivity contribution in [1.82, 2.24) is 15.3 Å². The average Bonchev–Trinajstić information content (AvgIpc) is 3.44. The lowest BCUT2D eigenvalue weighted by Crippen LogP contribution is -2.38. The SMILES string of the molecule is O=C(NC(C1CC1)C1CC1)c1csc(-c2ccccn2)n1. The lowest BCUT2D eigenvalue weighted by Gasteiger charge is -2.16. The monoisotopic (exact) mass is 299 g/mol. The minimum absolute atomic E-state index is 0.0303. The minimum Gasteiger partial charge on any atom is -0.347 e. The molecule has 2 aromatic rings. The maximum atomic E-state index is 12.4. The van der Waals surface area contributed by atoms with Crippen LogP contribution in [0.3, 0.4) is 0 Å². The van der Waals surface area contributed by atoms with E-state index in [2.05, 4.69) is 15.3 Å². The number of aromatic nitrogens is 2. The summed E-state index contributed by atoms with van der Waals surface area (Å²) >= 11 is 1.47. The maximum absolute atomic E-state index is 12.4. The molecule has 2 aromatic heterocycles. The normalized spacial score (nSPS) is 18.0. The summed E-state index contributed by atoms with van der Waals surface area (Å²) in [4.78, 5) is 21.1. The van der Waals surface area contributed by atoms with Crippen LogP contribution in [0.15, 0.2) is 29.8 Å². The summed E-state index contributed by atoms with van der Waals surface area (Å²) in [6, 6.07) is 6.09. The lowest BCUT2D eigenvalue weighted by atomic mass is 10.1. The van der Waals surface area contributed by atoms with E-state index in [0.29, 0.717) is 23.6 Å². The number of amides is 1. The fourth-order valence-electron chi connectivity index (χ4n) is 2.74. The van der Waals surface area contributed by atoms with Crippen LogP contribution in [-0.2, 0) is 0 Å². The molecule has 21 heavy (non-hydrogen) atoms. The molecule has 5 heteroatoms. The van der Waals surface area contributed by atoms with Gasteiger partial charge in [0.15, 0.2) is 0 Å². The molecule has 0 bridgehead atoms. The van der Waals surface area contributed by atoms with Crippen molar-refractivity contribution in [2.45, 2.75) is 31.7 Å². The molecule has 0 saturated heterocycles. The number of pyridine rings is 1. The van der Waals surface area contributed by atoms with Gasteiger partial charge in [0.25, 0.3) is 5.91 Å². The van der Waals surface area contributed by atoms with E-state index in [1.165, 1.54) is 37.0 Å². The van der Waals surface area contributed by atoms with Gasteiger partial charge in [-0.3, -0.25) is 9.78 Å². The number of hydrogen-bond acceptors (Lipinski definition) is 4. The van der Waals surface area contributed by atoms with Crippen LogP contribution in [0, 0.1) is 11.8 Å². The van der Waals surface area contributed by atoms with E-state index in [0.717, 1.165) is 10.7 Å². The molecule has 2 aliphatic rings. The number of nitrogens with zero attached hydrogens (tertiary/aromatic N) is 2. The average molecular weight is 299 g/mol. The molecule has 1 amide bonds. The van der Waals surface area contributed by atoms with Gasteiger partial charge in [-0.25, -0.2) is 4.98 Å². The first kappa shape index (κ1) is 13.0. The molecule has 4 rings (SSSR count). The van der Waals surface area contributed by atoms with Crippen LogP contribution in [0.25, 0.3) is 10.7 Å². The van der Waals surface area contributed by atoms with Gasteiger partial charge in [-0.05, 0) is 49.7 Å². The summed E-state index contributed by atoms with van der Waals surface area (Å²) in [7, 11) is 0. The second-order valence-corrected chi connectivity index (χ2v) is 6.79. The molecule has 0 aliphatic heterocycles. The molecular weight excluding hydrogens is 282 g/mol. The Morgan fingerprint density at radius 2 is 2.00 bits per heavy atom. The first-order valence-electron chi connectivity index (χ1n) is 7.49. The lowest BCUT2D eigenvalue weighted by molar-refractivity contribution is 0.0922. The van der Waals surface area contributed by atoms with Crippen molar-refractivity contribution in [3.05, 3.63) is 35.5 Å². The van der Waals surface area contributed by atoms with Gasteiger partial charge in [-0.15, -0.1) is 11.3 Å². The number of carbonyl (C=O) groups excluding carboxylic acids is 1. The zero-order valence-corrected chi connectivity index (χ0v) is 12.5. The van der Waals surface area contributed by atoms with Gasteiger partial charge in [0.2, 0.25) is 0 Å². The third kappa shape index (κ3) is 2.83. The van der Waals surface area contributed by atoms with E-state index in [-0.39, 0.29) is 5.91 Å². The van der Waals surface area contributed by atoms with E-state index in [4.69, 9.17) is 0 Å². The third-order valence-electron chi connectivity index (χ3n) is 4.18. The summed E-state index contributed by atoms with van der Waals surface area (Å²) in [6.45, 7) is 0. The Bertz CT molecular complexity index is 635. The van der Waals surface area contributed by atoms with Crippen molar-refractivity contribution < 1.29 is 4.79 Å². The molecule has 1 N–H and O–H groups in total.